The molecule has 6 rings (SSSR count). The van der Waals surface area contributed by atoms with Gasteiger partial charge in [0.25, 0.3) is 36.0 Å². The molecule has 0 radical (unpaired) electrons. The molecule has 6 aromatic carbocycles. The minimum absolute atomic E-state index is 0.0345. The molecule has 0 fully saturated rings. The van der Waals surface area contributed by atoms with Crippen molar-refractivity contribution < 1.29 is 53.7 Å². The van der Waals surface area contributed by atoms with E-state index in [9.17, 15) is 54.1 Å². The Kier molecular flexibility index (Phi) is 12.1. The number of hydrogen-bond donors (Lipinski definition) is 5. The lowest BCUT2D eigenvalue weighted by molar-refractivity contribution is -0.385. The number of rotatable bonds is 13. The van der Waals surface area contributed by atoms with E-state index in [0.717, 1.165) is 36.4 Å². The number of aromatic hydroxyl groups is 1. The van der Waals surface area contributed by atoms with Crippen LogP contribution in [-0.2, 0) is 30.4 Å². The normalized spacial score (nSPS) is 12.5. The van der Waals surface area contributed by atoms with Crippen LogP contribution in [0.2, 0.25) is 0 Å². The second-order valence-corrected chi connectivity index (χ2v) is 17.3. The van der Waals surface area contributed by atoms with Gasteiger partial charge in [-0.05, 0) is 120 Å². The summed E-state index contributed by atoms with van der Waals surface area (Å²) in [5.74, 6) is 0.101. The molecule has 0 saturated heterocycles. The molecule has 0 unspecified atom stereocenters. The van der Waals surface area contributed by atoms with E-state index in [4.69, 9.17) is 4.74 Å². The van der Waals surface area contributed by atoms with Crippen LogP contribution < -0.4 is 10.1 Å². The molecule has 0 atom stereocenters. The summed E-state index contributed by atoms with van der Waals surface area (Å²) < 4.78 is 108. The van der Waals surface area contributed by atoms with Gasteiger partial charge in [0, 0.05) is 28.9 Å². The first kappa shape index (κ1) is 43.6. The number of non-ortho nitro benzene ring substituents is 1. The molecule has 19 nitrogen and oxygen atoms in total. The molecule has 22 heteroatoms. The highest BCUT2D eigenvalue weighted by molar-refractivity contribution is 7.86. The van der Waals surface area contributed by atoms with E-state index in [2.05, 4.69) is 25.8 Å². The molecule has 5 N–H and O–H groups in total. The van der Waals surface area contributed by atoms with Gasteiger partial charge in [-0.15, -0.1) is 5.11 Å². The quantitative estimate of drug-likeness (QED) is 0.0237. The fourth-order valence-corrected chi connectivity index (χ4v) is 7.97. The smallest absolute Gasteiger partial charge is 0.296 e. The molecular weight excluding hydrogens is 857 g/mol. The van der Waals surface area contributed by atoms with Crippen molar-refractivity contribution in [1.29, 1.82) is 0 Å². The molecule has 314 valence electrons. The summed E-state index contributed by atoms with van der Waals surface area (Å²) in [4.78, 5) is 8.11. The summed E-state index contributed by atoms with van der Waals surface area (Å²) in [6.07, 6.45) is 2.18. The van der Waals surface area contributed by atoms with Gasteiger partial charge >= 0.3 is 0 Å². The maximum Gasteiger partial charge on any atom is 0.296 e. The Morgan fingerprint density at radius 1 is 0.639 bits per heavy atom. The number of phenolic OH excluding ortho intramolecular Hbond substituents is 1. The van der Waals surface area contributed by atoms with E-state index in [-0.39, 0.29) is 39.0 Å². The fourth-order valence-electron chi connectivity index (χ4n) is 5.90. The largest absolute Gasteiger partial charge is 0.505 e. The number of phenols is 1. The van der Waals surface area contributed by atoms with Gasteiger partial charge in [0.05, 0.1) is 29.1 Å². The molecule has 0 bridgehead atoms. The zero-order valence-corrected chi connectivity index (χ0v) is 34.3. The predicted octanol–water partition coefficient (Wildman–Crippen LogP) is 9.56. The summed E-state index contributed by atoms with van der Waals surface area (Å²) in [6.45, 7) is 3.27. The van der Waals surface area contributed by atoms with Crippen molar-refractivity contribution >= 4 is 93.1 Å². The lowest BCUT2D eigenvalue weighted by atomic mass is 10.1. The number of benzene rings is 6. The Morgan fingerprint density at radius 2 is 1.18 bits per heavy atom. The third kappa shape index (κ3) is 10.1. The number of methoxy groups -OCH3 is 1. The van der Waals surface area contributed by atoms with Crippen LogP contribution >= 0.6 is 0 Å². The van der Waals surface area contributed by atoms with Crippen LogP contribution in [0.3, 0.4) is 0 Å². The molecule has 0 aromatic heterocycles. The van der Waals surface area contributed by atoms with Crippen molar-refractivity contribution in [2.45, 2.75) is 28.5 Å². The van der Waals surface area contributed by atoms with Gasteiger partial charge < -0.3 is 15.2 Å². The van der Waals surface area contributed by atoms with Gasteiger partial charge in [0.1, 0.15) is 26.1 Å². The van der Waals surface area contributed by atoms with Crippen molar-refractivity contribution in [1.82, 2.24) is 0 Å². The van der Waals surface area contributed by atoms with E-state index in [1.807, 2.05) is 0 Å². The van der Waals surface area contributed by atoms with Crippen LogP contribution in [0.4, 0.5) is 39.8 Å². The van der Waals surface area contributed by atoms with E-state index < -0.39 is 67.1 Å². The Balaban J connectivity index is 1.27. The Hall–Kier alpha value is -6.95. The van der Waals surface area contributed by atoms with Crippen LogP contribution in [0.25, 0.3) is 22.9 Å². The van der Waals surface area contributed by atoms with Gasteiger partial charge in [-0.2, -0.15) is 40.6 Å². The summed E-state index contributed by atoms with van der Waals surface area (Å²) >= 11 is 0. The van der Waals surface area contributed by atoms with Gasteiger partial charge in [-0.1, -0.05) is 18.2 Å². The fraction of sp³-hybridized carbons (Fsp3) is 0.0769. The second-order valence-electron chi connectivity index (χ2n) is 13.1. The first-order valence-electron chi connectivity index (χ1n) is 17.3. The van der Waals surface area contributed by atoms with Crippen LogP contribution in [0.15, 0.2) is 132 Å². The molecule has 0 aliphatic carbocycles. The third-order valence-electron chi connectivity index (χ3n) is 8.96. The number of ether oxygens (including phenoxy) is 1. The number of aryl methyl sites for hydroxylation is 2. The Morgan fingerprint density at radius 3 is 1.74 bits per heavy atom. The zero-order chi connectivity index (χ0) is 44.4. The maximum absolute atomic E-state index is 12.5. The van der Waals surface area contributed by atoms with E-state index in [0.29, 0.717) is 34.3 Å². The van der Waals surface area contributed by atoms with Crippen molar-refractivity contribution in [2.75, 3.05) is 12.4 Å². The van der Waals surface area contributed by atoms with E-state index >= 15 is 0 Å². The lowest BCUT2D eigenvalue weighted by Gasteiger charge is -2.12. The van der Waals surface area contributed by atoms with E-state index in [1.165, 1.54) is 18.2 Å². The highest BCUT2D eigenvalue weighted by Crippen LogP contribution is 2.43. The topological polar surface area (TPSA) is 297 Å². The minimum Gasteiger partial charge on any atom is -0.505 e. The van der Waals surface area contributed by atoms with Crippen molar-refractivity contribution in [3.05, 3.63) is 129 Å². The number of nitrogens with zero attached hydrogens (tertiary/aromatic N) is 5. The predicted molar refractivity (Wildman–Crippen MR) is 224 cm³/mol. The third-order valence-corrected chi connectivity index (χ3v) is 11.6. The molecule has 0 spiro atoms. The van der Waals surface area contributed by atoms with Crippen LogP contribution in [0.5, 0.6) is 11.5 Å². The van der Waals surface area contributed by atoms with E-state index in [1.54, 1.807) is 69.5 Å². The number of nitro benzene ring substituents is 1. The molecule has 0 aliphatic rings. The highest BCUT2D eigenvalue weighted by atomic mass is 32.2. The average Bonchev–Trinajstić information content (AvgIpc) is 3.19. The minimum atomic E-state index is -4.93. The van der Waals surface area contributed by atoms with Gasteiger partial charge in [-0.3, -0.25) is 23.8 Å². The molecule has 0 heterocycles. The molecule has 61 heavy (non-hydrogen) atoms. The summed E-state index contributed by atoms with van der Waals surface area (Å²) in [6, 6.07) is 22.3. The lowest BCUT2D eigenvalue weighted by Crippen LogP contribution is -2.02. The number of anilines is 2. The molecule has 0 amide bonds. The maximum atomic E-state index is 12.5. The molecule has 0 saturated carbocycles. The first-order valence-corrected chi connectivity index (χ1v) is 21.6. The SMILES string of the molecule is COc1ccc(Nc2ccc3c(O)c(N=Nc4cc(C)c(N=Nc5ccc(/C=C\c6ccc([N+](=O)[O-])cc6S(=O)(=O)O)c(S(=O)(=O)O)c5)cc4C)c(S(=O)(=O)O)cc3c2)cc1. The second kappa shape index (κ2) is 17.0. The van der Waals surface area contributed by atoms with Crippen molar-refractivity contribution in [3.8, 4) is 11.5 Å². The molecule has 0 aliphatic heterocycles. The molecular formula is C39H32N6O13S3. The standard InChI is InChI=1S/C39H32N6O13S3/c1-22-17-34(43-44-38-37(61(55,56)57)19-26-18-28(11-15-32(26)39(38)46)40-27-9-13-31(58-3)14-10-27)23(2)16-33(22)42-41-29-8-6-24(35(20-29)59(49,50)51)4-5-25-7-12-30(45(47)48)21-36(25)60(52,53)54/h4-21,40,46H,1-3H3,(H,49,50,51)(H,52,53,54)(H,55,56,57)/b5-4-,42-41?,44-43?. The van der Waals surface area contributed by atoms with Crippen LogP contribution in [0.1, 0.15) is 22.3 Å². The monoisotopic (exact) mass is 888 g/mol. The van der Waals surface area contributed by atoms with Crippen molar-refractivity contribution in [3.63, 3.8) is 0 Å². The van der Waals surface area contributed by atoms with Gasteiger partial charge in [0.2, 0.25) is 0 Å². The Labute approximate surface area is 347 Å². The summed E-state index contributed by atoms with van der Waals surface area (Å²) in [5.41, 5.74) is 1.21. The van der Waals surface area contributed by atoms with Gasteiger partial charge in [0.15, 0.2) is 5.75 Å². The number of hydrogen-bond acceptors (Lipinski definition) is 15. The number of nitro groups is 1. The first-order chi connectivity index (χ1) is 28.6. The summed E-state index contributed by atoms with van der Waals surface area (Å²) in [5, 5.41) is 42.4. The Bertz CT molecular complexity index is 3190. The highest BCUT2D eigenvalue weighted by Gasteiger charge is 2.23. The summed E-state index contributed by atoms with van der Waals surface area (Å²) in [7, 11) is -13.2. The van der Waals surface area contributed by atoms with Crippen LogP contribution in [-0.4, -0.2) is 56.1 Å². The number of fused-ring (bicyclic) bond motifs is 1. The van der Waals surface area contributed by atoms with Gasteiger partial charge in [-0.25, -0.2) is 0 Å². The molecule has 6 aromatic rings. The number of azo groups is 2. The van der Waals surface area contributed by atoms with Crippen molar-refractivity contribution in [2.24, 2.45) is 20.5 Å². The zero-order valence-electron chi connectivity index (χ0n) is 31.8. The van der Waals surface area contributed by atoms with Crippen LogP contribution in [0, 0.1) is 24.0 Å². The average molecular weight is 889 g/mol. The number of nitrogens with one attached hydrogen (secondary N) is 1.